The van der Waals surface area contributed by atoms with Gasteiger partial charge < -0.3 is 4.18 Å². The second-order valence-electron chi connectivity index (χ2n) is 2.09. The summed E-state index contributed by atoms with van der Waals surface area (Å²) in [5.41, 5.74) is 0. The van der Waals surface area contributed by atoms with E-state index in [0.717, 1.165) is 13.0 Å². The Morgan fingerprint density at radius 2 is 2.67 bits per heavy atom. The van der Waals surface area contributed by atoms with Crippen LogP contribution in [0.2, 0.25) is 0 Å². The van der Waals surface area contributed by atoms with E-state index in [1.165, 1.54) is 12.8 Å². The highest BCUT2D eigenvalue weighted by atomic mass is 32.2. The minimum absolute atomic E-state index is 0.559. The number of hydrogen-bond acceptors (Lipinski definition) is 2. The summed E-state index contributed by atoms with van der Waals surface area (Å²) in [6, 6.07) is 0. The first-order valence-electron chi connectivity index (χ1n) is 3.15. The van der Waals surface area contributed by atoms with Crippen LogP contribution < -0.4 is 0 Å². The highest BCUT2D eigenvalue weighted by Gasteiger charge is 2.12. The zero-order chi connectivity index (χ0) is 6.53. The summed E-state index contributed by atoms with van der Waals surface area (Å²) >= 11 is 1.55. The highest BCUT2D eigenvalue weighted by molar-refractivity contribution is 7.95. The first-order valence-corrected chi connectivity index (χ1v) is 3.95. The molecule has 0 aromatic rings. The van der Waals surface area contributed by atoms with Gasteiger partial charge in [0.25, 0.3) is 0 Å². The van der Waals surface area contributed by atoms with Crippen LogP contribution in [0, 0.1) is 12.3 Å². The minimum atomic E-state index is 0.559. The van der Waals surface area contributed by atoms with Crippen molar-refractivity contribution in [2.24, 2.45) is 0 Å². The molecule has 2 heteroatoms. The van der Waals surface area contributed by atoms with E-state index in [1.807, 2.05) is 0 Å². The molecular formula is C7H10OS. The van der Waals surface area contributed by atoms with Gasteiger partial charge >= 0.3 is 0 Å². The summed E-state index contributed by atoms with van der Waals surface area (Å²) in [7, 11) is 0. The summed E-state index contributed by atoms with van der Waals surface area (Å²) in [5.74, 6) is 2.64. The van der Waals surface area contributed by atoms with Crippen molar-refractivity contribution in [3.05, 3.63) is 0 Å². The van der Waals surface area contributed by atoms with Gasteiger partial charge in [0.05, 0.1) is 6.61 Å². The lowest BCUT2D eigenvalue weighted by molar-refractivity contribution is 0.331. The molecule has 1 saturated heterocycles. The van der Waals surface area contributed by atoms with Gasteiger partial charge in [-0.15, -0.1) is 12.3 Å². The summed E-state index contributed by atoms with van der Waals surface area (Å²) in [6.07, 6.45) is 8.38. The van der Waals surface area contributed by atoms with E-state index < -0.39 is 0 Å². The Labute approximate surface area is 60.4 Å². The minimum Gasteiger partial charge on any atom is -0.315 e. The van der Waals surface area contributed by atoms with Crippen molar-refractivity contribution in [2.45, 2.75) is 24.5 Å². The van der Waals surface area contributed by atoms with Gasteiger partial charge in [0, 0.05) is 11.7 Å². The van der Waals surface area contributed by atoms with E-state index >= 15 is 0 Å². The average Bonchev–Trinajstić information content (AvgIpc) is 1.91. The lowest BCUT2D eigenvalue weighted by Crippen LogP contribution is -2.09. The second-order valence-corrected chi connectivity index (χ2v) is 3.19. The Morgan fingerprint density at radius 3 is 3.22 bits per heavy atom. The Morgan fingerprint density at radius 1 is 1.78 bits per heavy atom. The molecular weight excluding hydrogens is 132 g/mol. The van der Waals surface area contributed by atoms with E-state index in [9.17, 15) is 0 Å². The SMILES string of the molecule is C#CCC1CCCOS1. The molecule has 1 aliphatic rings. The average molecular weight is 142 g/mol. The molecule has 1 unspecified atom stereocenters. The quantitative estimate of drug-likeness (QED) is 0.408. The standard InChI is InChI=1S/C7H10OS/c1-2-4-7-5-3-6-8-9-7/h1,7H,3-6H2. The van der Waals surface area contributed by atoms with Crippen LogP contribution in [-0.2, 0) is 4.18 Å². The van der Waals surface area contributed by atoms with Crippen LogP contribution in [0.4, 0.5) is 0 Å². The maximum Gasteiger partial charge on any atom is 0.0614 e. The zero-order valence-electron chi connectivity index (χ0n) is 5.30. The second kappa shape index (κ2) is 3.81. The van der Waals surface area contributed by atoms with E-state index in [0.29, 0.717) is 5.25 Å². The third kappa shape index (κ3) is 2.30. The molecule has 0 radical (unpaired) electrons. The molecule has 1 fully saturated rings. The van der Waals surface area contributed by atoms with Crippen LogP contribution in [0.25, 0.3) is 0 Å². The summed E-state index contributed by atoms with van der Waals surface area (Å²) < 4.78 is 5.16. The van der Waals surface area contributed by atoms with Gasteiger partial charge in [-0.2, -0.15) is 0 Å². The molecule has 1 atom stereocenters. The van der Waals surface area contributed by atoms with Gasteiger partial charge in [0.1, 0.15) is 0 Å². The highest BCUT2D eigenvalue weighted by Crippen LogP contribution is 2.25. The monoisotopic (exact) mass is 142 g/mol. The first-order chi connectivity index (χ1) is 4.43. The molecule has 1 nitrogen and oxygen atoms in total. The van der Waals surface area contributed by atoms with E-state index in [-0.39, 0.29) is 0 Å². The summed E-state index contributed by atoms with van der Waals surface area (Å²) in [5, 5.41) is 0.559. The Kier molecular flexibility index (Phi) is 2.96. The van der Waals surface area contributed by atoms with Gasteiger partial charge in [-0.1, -0.05) is 0 Å². The normalized spacial score (nSPS) is 27.2. The van der Waals surface area contributed by atoms with E-state index in [4.69, 9.17) is 10.6 Å². The van der Waals surface area contributed by atoms with Crippen molar-refractivity contribution in [3.63, 3.8) is 0 Å². The van der Waals surface area contributed by atoms with Crippen LogP contribution >= 0.6 is 12.0 Å². The van der Waals surface area contributed by atoms with Gasteiger partial charge in [-0.05, 0) is 24.9 Å². The van der Waals surface area contributed by atoms with Crippen molar-refractivity contribution in [1.29, 1.82) is 0 Å². The predicted molar refractivity (Wildman–Crippen MR) is 40.0 cm³/mol. The van der Waals surface area contributed by atoms with Gasteiger partial charge in [0.2, 0.25) is 0 Å². The molecule has 0 N–H and O–H groups in total. The van der Waals surface area contributed by atoms with E-state index in [2.05, 4.69) is 5.92 Å². The topological polar surface area (TPSA) is 9.23 Å². The van der Waals surface area contributed by atoms with Gasteiger partial charge in [-0.25, -0.2) is 0 Å². The fourth-order valence-corrected chi connectivity index (χ4v) is 1.66. The predicted octanol–water partition coefficient (Wildman–Crippen LogP) is 1.84. The van der Waals surface area contributed by atoms with Crippen LogP contribution in [-0.4, -0.2) is 11.9 Å². The third-order valence-corrected chi connectivity index (χ3v) is 2.28. The van der Waals surface area contributed by atoms with Crippen molar-refractivity contribution >= 4 is 12.0 Å². The Balaban J connectivity index is 2.17. The van der Waals surface area contributed by atoms with Crippen molar-refractivity contribution in [3.8, 4) is 12.3 Å². The van der Waals surface area contributed by atoms with Crippen molar-refractivity contribution in [1.82, 2.24) is 0 Å². The molecule has 0 aromatic carbocycles. The summed E-state index contributed by atoms with van der Waals surface area (Å²) in [6.45, 7) is 0.895. The van der Waals surface area contributed by atoms with Crippen LogP contribution in [0.15, 0.2) is 0 Å². The maximum atomic E-state index is 5.16. The Hall–Kier alpha value is -0.130. The zero-order valence-corrected chi connectivity index (χ0v) is 6.12. The smallest absolute Gasteiger partial charge is 0.0614 e. The fraction of sp³-hybridized carbons (Fsp3) is 0.714. The molecule has 0 saturated carbocycles. The molecule has 0 aromatic heterocycles. The maximum absolute atomic E-state index is 5.16. The number of terminal acetylenes is 1. The van der Waals surface area contributed by atoms with Crippen LogP contribution in [0.3, 0.4) is 0 Å². The lowest BCUT2D eigenvalue weighted by Gasteiger charge is -2.17. The molecule has 1 rings (SSSR count). The van der Waals surface area contributed by atoms with Crippen molar-refractivity contribution in [2.75, 3.05) is 6.61 Å². The molecule has 50 valence electrons. The molecule has 0 bridgehead atoms. The fourth-order valence-electron chi connectivity index (χ4n) is 0.830. The first kappa shape index (κ1) is 6.98. The van der Waals surface area contributed by atoms with Gasteiger partial charge in [0.15, 0.2) is 0 Å². The number of rotatable bonds is 1. The molecule has 1 heterocycles. The molecule has 0 amide bonds. The largest absolute Gasteiger partial charge is 0.315 e. The van der Waals surface area contributed by atoms with E-state index in [1.54, 1.807) is 12.0 Å². The number of hydrogen-bond donors (Lipinski definition) is 0. The van der Waals surface area contributed by atoms with Crippen LogP contribution in [0.5, 0.6) is 0 Å². The van der Waals surface area contributed by atoms with Crippen LogP contribution in [0.1, 0.15) is 19.3 Å². The molecule has 9 heavy (non-hydrogen) atoms. The summed E-state index contributed by atoms with van der Waals surface area (Å²) in [4.78, 5) is 0. The molecule has 0 aliphatic carbocycles. The molecule has 0 spiro atoms. The third-order valence-electron chi connectivity index (χ3n) is 1.30. The Bertz CT molecular complexity index is 111. The van der Waals surface area contributed by atoms with Gasteiger partial charge in [-0.3, -0.25) is 0 Å². The lowest BCUT2D eigenvalue weighted by atomic mass is 10.2. The molecule has 1 aliphatic heterocycles. The van der Waals surface area contributed by atoms with Crippen molar-refractivity contribution < 1.29 is 4.18 Å².